The first-order valence-electron chi connectivity index (χ1n) is 6.78. The van der Waals surface area contributed by atoms with E-state index in [0.29, 0.717) is 11.4 Å². The Balaban J connectivity index is 2.01. The second-order valence-corrected chi connectivity index (χ2v) is 7.19. The number of sulfone groups is 1. The minimum absolute atomic E-state index is 0.0522. The van der Waals surface area contributed by atoms with Gasteiger partial charge in [0, 0.05) is 23.7 Å². The van der Waals surface area contributed by atoms with E-state index in [1.807, 2.05) is 0 Å². The molecule has 1 aliphatic rings. The number of nitrogens with one attached hydrogen (secondary N) is 2. The summed E-state index contributed by atoms with van der Waals surface area (Å²) in [5, 5.41) is 4.09. The lowest BCUT2D eigenvalue weighted by atomic mass is 10.1. The van der Waals surface area contributed by atoms with Crippen LogP contribution in [0.25, 0.3) is 0 Å². The van der Waals surface area contributed by atoms with Crippen LogP contribution in [0.15, 0.2) is 39.1 Å². The molecule has 2 N–H and O–H groups in total. The van der Waals surface area contributed by atoms with Gasteiger partial charge in [-0.25, -0.2) is 23.2 Å². The molecule has 23 heavy (non-hydrogen) atoms. The fraction of sp³-hybridized carbons (Fsp3) is 0.214. The van der Waals surface area contributed by atoms with E-state index in [4.69, 9.17) is 0 Å². The van der Waals surface area contributed by atoms with Crippen LogP contribution in [0.1, 0.15) is 17.7 Å². The van der Waals surface area contributed by atoms with Gasteiger partial charge in [-0.1, -0.05) is 0 Å². The van der Waals surface area contributed by atoms with Crippen molar-refractivity contribution in [3.8, 4) is 0 Å². The molecule has 0 saturated heterocycles. The summed E-state index contributed by atoms with van der Waals surface area (Å²) >= 11 is 0. The van der Waals surface area contributed by atoms with Gasteiger partial charge >= 0.3 is 0 Å². The summed E-state index contributed by atoms with van der Waals surface area (Å²) in [7, 11) is -3.44. The molecule has 1 aromatic heterocycles. The maximum Gasteiger partial charge on any atom is 0.252 e. The molecule has 0 spiro atoms. The summed E-state index contributed by atoms with van der Waals surface area (Å²) in [6.07, 6.45) is 0.141. The fourth-order valence-corrected chi connectivity index (χ4v) is 3.81. The van der Waals surface area contributed by atoms with E-state index in [0.717, 1.165) is 12.1 Å². The van der Waals surface area contributed by atoms with Crippen LogP contribution in [-0.4, -0.2) is 29.9 Å². The summed E-state index contributed by atoms with van der Waals surface area (Å²) < 4.78 is 37.5. The third-order valence-electron chi connectivity index (χ3n) is 3.36. The lowest BCUT2D eigenvalue weighted by Gasteiger charge is -2.18. The number of hydrogen-bond acceptors (Lipinski definition) is 6. The third kappa shape index (κ3) is 3.14. The molecule has 1 aromatic carbocycles. The number of halogens is 1. The Hall–Kier alpha value is -2.55. The predicted octanol–water partition coefficient (Wildman–Crippen LogP) is 1.21. The Morgan fingerprint density at radius 2 is 2.13 bits per heavy atom. The molecule has 0 unspecified atom stereocenters. The standard InChI is InChI=1S/C14H13FN4O3S/c1-8-6-13(20)17-14(16-8)19-18-11-4-5-23(21,22)12-3-2-9(15)7-10(11)12/h2-3,6-7H,4-5H2,1H3,(H2,16,17,19,20)/b18-11-. The molecule has 3 rings (SSSR count). The van der Waals surface area contributed by atoms with Crippen molar-refractivity contribution in [2.45, 2.75) is 18.2 Å². The van der Waals surface area contributed by atoms with Crippen LogP contribution in [0.4, 0.5) is 10.3 Å². The van der Waals surface area contributed by atoms with E-state index >= 15 is 0 Å². The fourth-order valence-electron chi connectivity index (χ4n) is 2.34. The van der Waals surface area contributed by atoms with Gasteiger partial charge in [-0.15, -0.1) is 0 Å². The van der Waals surface area contributed by atoms with Crippen LogP contribution in [0.3, 0.4) is 0 Å². The lowest BCUT2D eigenvalue weighted by Crippen LogP contribution is -2.23. The highest BCUT2D eigenvalue weighted by atomic mass is 32.2. The molecular weight excluding hydrogens is 323 g/mol. The van der Waals surface area contributed by atoms with E-state index < -0.39 is 15.7 Å². The van der Waals surface area contributed by atoms with Crippen LogP contribution in [0.2, 0.25) is 0 Å². The average molecular weight is 336 g/mol. The first-order valence-corrected chi connectivity index (χ1v) is 8.43. The first kappa shape index (κ1) is 15.3. The second kappa shape index (κ2) is 5.58. The topological polar surface area (TPSA) is 104 Å². The number of aromatic nitrogens is 2. The van der Waals surface area contributed by atoms with E-state index in [9.17, 15) is 17.6 Å². The van der Waals surface area contributed by atoms with Gasteiger partial charge in [0.2, 0.25) is 5.95 Å². The van der Waals surface area contributed by atoms with Gasteiger partial charge in [0.1, 0.15) is 5.82 Å². The number of rotatable bonds is 2. The smallest absolute Gasteiger partial charge is 0.252 e. The summed E-state index contributed by atoms with van der Waals surface area (Å²) in [6, 6.07) is 4.81. The molecule has 0 fully saturated rings. The van der Waals surface area contributed by atoms with Crippen LogP contribution in [0, 0.1) is 12.7 Å². The zero-order chi connectivity index (χ0) is 16.6. The van der Waals surface area contributed by atoms with Gasteiger partial charge in [0.25, 0.3) is 5.56 Å². The number of anilines is 1. The average Bonchev–Trinajstić information content (AvgIpc) is 2.45. The zero-order valence-electron chi connectivity index (χ0n) is 12.1. The van der Waals surface area contributed by atoms with Crippen molar-refractivity contribution in [3.63, 3.8) is 0 Å². The molecule has 2 heterocycles. The van der Waals surface area contributed by atoms with E-state index in [1.165, 1.54) is 12.1 Å². The van der Waals surface area contributed by atoms with E-state index in [1.54, 1.807) is 6.92 Å². The number of hydrazone groups is 1. The highest BCUT2D eigenvalue weighted by Crippen LogP contribution is 2.26. The van der Waals surface area contributed by atoms with Crippen LogP contribution < -0.4 is 11.0 Å². The van der Waals surface area contributed by atoms with Crippen molar-refractivity contribution in [2.24, 2.45) is 5.10 Å². The molecule has 120 valence electrons. The largest absolute Gasteiger partial charge is 0.291 e. The van der Waals surface area contributed by atoms with Crippen LogP contribution in [-0.2, 0) is 9.84 Å². The Bertz CT molecular complexity index is 966. The Labute approximate surface area is 131 Å². The van der Waals surface area contributed by atoms with Crippen molar-refractivity contribution in [1.29, 1.82) is 0 Å². The van der Waals surface area contributed by atoms with Crippen molar-refractivity contribution in [2.75, 3.05) is 11.2 Å². The second-order valence-electron chi connectivity index (χ2n) is 5.12. The molecular formula is C14H13FN4O3S. The predicted molar refractivity (Wildman–Crippen MR) is 82.8 cm³/mol. The number of aromatic amines is 1. The molecule has 0 saturated carbocycles. The van der Waals surface area contributed by atoms with Crippen LogP contribution >= 0.6 is 0 Å². The molecule has 0 aliphatic carbocycles. The van der Waals surface area contributed by atoms with Gasteiger partial charge in [0.15, 0.2) is 9.84 Å². The SMILES string of the molecule is Cc1cc(=O)[nH]c(N/N=C2/CCS(=O)(=O)c3ccc(F)cc32)n1. The van der Waals surface area contributed by atoms with Crippen molar-refractivity contribution in [3.05, 3.63) is 51.7 Å². The molecule has 0 bridgehead atoms. The number of benzene rings is 1. The first-order chi connectivity index (χ1) is 10.8. The zero-order valence-corrected chi connectivity index (χ0v) is 12.9. The van der Waals surface area contributed by atoms with Crippen molar-refractivity contribution in [1.82, 2.24) is 9.97 Å². The molecule has 0 amide bonds. The normalized spacial score (nSPS) is 17.7. The maximum absolute atomic E-state index is 13.5. The minimum Gasteiger partial charge on any atom is -0.291 e. The number of aryl methyl sites for hydroxylation is 1. The summed E-state index contributed by atoms with van der Waals surface area (Å²) in [5.41, 5.74) is 3.37. The van der Waals surface area contributed by atoms with Gasteiger partial charge in [0.05, 0.1) is 16.4 Å². The molecule has 9 heteroatoms. The van der Waals surface area contributed by atoms with Crippen LogP contribution in [0.5, 0.6) is 0 Å². The summed E-state index contributed by atoms with van der Waals surface area (Å²) in [5.74, 6) is -0.520. The molecule has 1 aliphatic heterocycles. The van der Waals surface area contributed by atoms with E-state index in [2.05, 4.69) is 20.5 Å². The van der Waals surface area contributed by atoms with Crippen molar-refractivity contribution >= 4 is 21.5 Å². The van der Waals surface area contributed by atoms with Gasteiger partial charge < -0.3 is 0 Å². The molecule has 2 aromatic rings. The molecule has 0 atom stereocenters. The van der Waals surface area contributed by atoms with E-state index in [-0.39, 0.29) is 34.1 Å². The minimum atomic E-state index is -3.44. The number of fused-ring (bicyclic) bond motifs is 1. The van der Waals surface area contributed by atoms with Gasteiger partial charge in [-0.05, 0) is 25.1 Å². The highest BCUT2D eigenvalue weighted by molar-refractivity contribution is 7.91. The summed E-state index contributed by atoms with van der Waals surface area (Å²) in [6.45, 7) is 1.66. The highest BCUT2D eigenvalue weighted by Gasteiger charge is 2.28. The van der Waals surface area contributed by atoms with Gasteiger partial charge in [-0.3, -0.25) is 9.78 Å². The quantitative estimate of drug-likeness (QED) is 0.634. The third-order valence-corrected chi connectivity index (χ3v) is 5.13. The Morgan fingerprint density at radius 1 is 1.35 bits per heavy atom. The lowest BCUT2D eigenvalue weighted by molar-refractivity contribution is 0.593. The van der Waals surface area contributed by atoms with Crippen molar-refractivity contribution < 1.29 is 12.8 Å². The summed E-state index contributed by atoms with van der Waals surface area (Å²) in [4.78, 5) is 17.9. The Kier molecular flexibility index (Phi) is 3.72. The van der Waals surface area contributed by atoms with Gasteiger partial charge in [-0.2, -0.15) is 5.10 Å². The monoisotopic (exact) mass is 336 g/mol. The molecule has 7 nitrogen and oxygen atoms in total. The number of H-pyrrole nitrogens is 1. The number of hydrogen-bond donors (Lipinski definition) is 2. The Morgan fingerprint density at radius 3 is 2.87 bits per heavy atom. The number of nitrogens with zero attached hydrogens (tertiary/aromatic N) is 2. The molecule has 0 radical (unpaired) electrons. The maximum atomic E-state index is 13.5.